The first-order chi connectivity index (χ1) is 8.86. The molecule has 1 rings (SSSR count). The fraction of sp³-hybridized carbons (Fsp3) is 0.636. The number of amides is 1. The lowest BCUT2D eigenvalue weighted by Gasteiger charge is -2.20. The Bertz CT molecular complexity index is 412. The first kappa shape index (κ1) is 15.3. The fourth-order valence-electron chi connectivity index (χ4n) is 1.72. The van der Waals surface area contributed by atoms with Crippen molar-refractivity contribution in [2.45, 2.75) is 25.1 Å². The zero-order valence-electron chi connectivity index (χ0n) is 10.00. The number of ether oxygens (including phenoxy) is 1. The first-order valence-electron chi connectivity index (χ1n) is 5.59. The average molecular weight is 278 g/mol. The van der Waals surface area contributed by atoms with Crippen molar-refractivity contribution in [1.29, 1.82) is 0 Å². The molecule has 106 valence electrons. The molecule has 1 fully saturated rings. The molecule has 0 aliphatic carbocycles. The zero-order valence-corrected chi connectivity index (χ0v) is 10.00. The molecular formula is C11H13F3N2O3. The molecule has 5 nitrogen and oxygen atoms in total. The van der Waals surface area contributed by atoms with Crippen molar-refractivity contribution in [2.24, 2.45) is 5.73 Å². The van der Waals surface area contributed by atoms with Crippen molar-refractivity contribution in [3.8, 4) is 11.8 Å². The quantitative estimate of drug-likeness (QED) is 0.572. The third-order valence-corrected chi connectivity index (χ3v) is 2.61. The molecular weight excluding hydrogens is 265 g/mol. The lowest BCUT2D eigenvalue weighted by atomic mass is 10.2. The Labute approximate surface area is 107 Å². The predicted molar refractivity (Wildman–Crippen MR) is 58.6 cm³/mol. The van der Waals surface area contributed by atoms with E-state index in [2.05, 4.69) is 16.6 Å². The third kappa shape index (κ3) is 4.44. The number of rotatable bonds is 2. The lowest BCUT2D eigenvalue weighted by Crippen LogP contribution is -2.39. The Morgan fingerprint density at radius 2 is 2.11 bits per heavy atom. The molecule has 0 aromatic heterocycles. The van der Waals surface area contributed by atoms with Crippen molar-refractivity contribution in [3.05, 3.63) is 0 Å². The van der Waals surface area contributed by atoms with Crippen LogP contribution in [-0.4, -0.2) is 48.7 Å². The Balaban J connectivity index is 2.42. The minimum atomic E-state index is -5.05. The van der Waals surface area contributed by atoms with Crippen LogP contribution in [0.3, 0.4) is 0 Å². The van der Waals surface area contributed by atoms with Crippen molar-refractivity contribution in [1.82, 2.24) is 4.90 Å². The van der Waals surface area contributed by atoms with Crippen molar-refractivity contribution in [3.63, 3.8) is 0 Å². The molecule has 1 saturated heterocycles. The highest BCUT2D eigenvalue weighted by atomic mass is 19.4. The van der Waals surface area contributed by atoms with Crippen LogP contribution >= 0.6 is 0 Å². The van der Waals surface area contributed by atoms with E-state index in [1.54, 1.807) is 0 Å². The number of carbonyl (C=O) groups is 2. The van der Waals surface area contributed by atoms with Crippen LogP contribution < -0.4 is 5.73 Å². The van der Waals surface area contributed by atoms with Crippen molar-refractivity contribution >= 4 is 11.9 Å². The molecule has 1 aliphatic rings. The Hall–Kier alpha value is -1.75. The maximum absolute atomic E-state index is 11.8. The van der Waals surface area contributed by atoms with E-state index in [1.165, 1.54) is 4.90 Å². The van der Waals surface area contributed by atoms with Gasteiger partial charge in [0.25, 0.3) is 5.91 Å². The first-order valence-corrected chi connectivity index (χ1v) is 5.59. The zero-order chi connectivity index (χ0) is 14.5. The van der Waals surface area contributed by atoms with Gasteiger partial charge in [0.05, 0.1) is 0 Å². The van der Waals surface area contributed by atoms with Gasteiger partial charge in [0, 0.05) is 19.1 Å². The van der Waals surface area contributed by atoms with E-state index in [4.69, 9.17) is 5.73 Å². The standard InChI is InChI=1S/C11H13F3N2O3/c12-11(13,14)10(18)19-6-2-4-9(17)16-5-1-3-8(16)7-15/h8H,1,3,5-7,15H2/t8-/m1/s1. The Morgan fingerprint density at radius 3 is 2.68 bits per heavy atom. The van der Waals surface area contributed by atoms with Gasteiger partial charge in [-0.1, -0.05) is 5.92 Å². The molecule has 1 heterocycles. The van der Waals surface area contributed by atoms with E-state index < -0.39 is 24.7 Å². The molecule has 1 aliphatic heterocycles. The van der Waals surface area contributed by atoms with Gasteiger partial charge in [-0.3, -0.25) is 4.79 Å². The second-order valence-corrected chi connectivity index (χ2v) is 3.91. The number of nitrogens with zero attached hydrogens (tertiary/aromatic N) is 1. The maximum atomic E-state index is 11.8. The van der Waals surface area contributed by atoms with Gasteiger partial charge >= 0.3 is 12.1 Å². The monoisotopic (exact) mass is 278 g/mol. The number of esters is 1. The predicted octanol–water partition coefficient (Wildman–Crippen LogP) is 0.0450. The smallest absolute Gasteiger partial charge is 0.446 e. The third-order valence-electron chi connectivity index (χ3n) is 2.61. The van der Waals surface area contributed by atoms with Gasteiger partial charge in [0.2, 0.25) is 0 Å². The summed E-state index contributed by atoms with van der Waals surface area (Å²) in [5.41, 5.74) is 5.47. The summed E-state index contributed by atoms with van der Waals surface area (Å²) < 4.78 is 39.1. The molecule has 1 amide bonds. The van der Waals surface area contributed by atoms with E-state index >= 15 is 0 Å². The van der Waals surface area contributed by atoms with Gasteiger partial charge in [-0.2, -0.15) is 13.2 Å². The second kappa shape index (κ2) is 6.43. The molecule has 0 spiro atoms. The van der Waals surface area contributed by atoms with Gasteiger partial charge in [-0.05, 0) is 18.8 Å². The SMILES string of the molecule is NC[C@H]1CCCN1C(=O)C#CCOC(=O)C(F)(F)F. The number of hydrogen-bond acceptors (Lipinski definition) is 4. The molecule has 0 saturated carbocycles. The highest BCUT2D eigenvalue weighted by Crippen LogP contribution is 2.16. The van der Waals surface area contributed by atoms with Gasteiger partial charge in [0.15, 0.2) is 6.61 Å². The van der Waals surface area contributed by atoms with Crippen LogP contribution in [-0.2, 0) is 14.3 Å². The van der Waals surface area contributed by atoms with Gasteiger partial charge in [0.1, 0.15) is 0 Å². The van der Waals surface area contributed by atoms with Gasteiger partial charge in [-0.25, -0.2) is 4.79 Å². The minimum Gasteiger partial charge on any atom is -0.446 e. The Kier molecular flexibility index (Phi) is 5.18. The van der Waals surface area contributed by atoms with Crippen LogP contribution in [0.5, 0.6) is 0 Å². The molecule has 8 heteroatoms. The lowest BCUT2D eigenvalue weighted by molar-refractivity contribution is -0.198. The van der Waals surface area contributed by atoms with Crippen molar-refractivity contribution in [2.75, 3.05) is 19.7 Å². The number of halogens is 3. The summed E-state index contributed by atoms with van der Waals surface area (Å²) in [5.74, 6) is 1.38. The summed E-state index contributed by atoms with van der Waals surface area (Å²) in [6, 6.07) is -0.0838. The van der Waals surface area contributed by atoms with Crippen LogP contribution in [0.2, 0.25) is 0 Å². The van der Waals surface area contributed by atoms with Crippen LogP contribution in [0.25, 0.3) is 0 Å². The van der Waals surface area contributed by atoms with Gasteiger partial charge < -0.3 is 15.4 Å². The Morgan fingerprint density at radius 1 is 1.42 bits per heavy atom. The van der Waals surface area contributed by atoms with Crippen LogP contribution in [0.15, 0.2) is 0 Å². The molecule has 19 heavy (non-hydrogen) atoms. The minimum absolute atomic E-state index is 0.0838. The summed E-state index contributed by atoms with van der Waals surface area (Å²) in [5, 5.41) is 0. The molecule has 0 bridgehead atoms. The number of likely N-dealkylation sites (tertiary alicyclic amines) is 1. The highest BCUT2D eigenvalue weighted by Gasteiger charge is 2.40. The number of nitrogens with two attached hydrogens (primary N) is 1. The normalized spacial score (nSPS) is 18.7. The van der Waals surface area contributed by atoms with Gasteiger partial charge in [-0.15, -0.1) is 0 Å². The fourth-order valence-corrected chi connectivity index (χ4v) is 1.72. The average Bonchev–Trinajstić information content (AvgIpc) is 2.81. The van der Waals surface area contributed by atoms with Crippen LogP contribution in [0.4, 0.5) is 13.2 Å². The highest BCUT2D eigenvalue weighted by molar-refractivity contribution is 5.94. The van der Waals surface area contributed by atoms with E-state index in [9.17, 15) is 22.8 Å². The summed E-state index contributed by atoms with van der Waals surface area (Å²) in [6.07, 6.45) is -3.45. The molecule has 2 N–H and O–H groups in total. The number of alkyl halides is 3. The molecule has 1 atom stereocenters. The largest absolute Gasteiger partial charge is 0.490 e. The van der Waals surface area contributed by atoms with Crippen molar-refractivity contribution < 1.29 is 27.5 Å². The topological polar surface area (TPSA) is 72.6 Å². The molecule has 0 aromatic rings. The number of carbonyl (C=O) groups excluding carboxylic acids is 2. The maximum Gasteiger partial charge on any atom is 0.490 e. The summed E-state index contributed by atoms with van der Waals surface area (Å²) in [4.78, 5) is 23.4. The van der Waals surface area contributed by atoms with Crippen LogP contribution in [0, 0.1) is 11.8 Å². The summed E-state index contributed by atoms with van der Waals surface area (Å²) in [6.45, 7) is 0.0689. The molecule has 0 unspecified atom stereocenters. The van der Waals surface area contributed by atoms with Crippen LogP contribution in [0.1, 0.15) is 12.8 Å². The second-order valence-electron chi connectivity index (χ2n) is 3.91. The molecule has 0 aromatic carbocycles. The molecule has 0 radical (unpaired) electrons. The number of hydrogen-bond donors (Lipinski definition) is 1. The summed E-state index contributed by atoms with van der Waals surface area (Å²) >= 11 is 0. The summed E-state index contributed by atoms with van der Waals surface area (Å²) in [7, 11) is 0. The van der Waals surface area contributed by atoms with E-state index in [1.807, 2.05) is 0 Å². The van der Waals surface area contributed by atoms with E-state index in [0.717, 1.165) is 12.8 Å². The van der Waals surface area contributed by atoms with E-state index in [-0.39, 0.29) is 6.04 Å². The van der Waals surface area contributed by atoms with E-state index in [0.29, 0.717) is 13.1 Å².